The largest absolute Gasteiger partial charge is 0.378 e. The van der Waals surface area contributed by atoms with Crippen molar-refractivity contribution >= 4 is 0 Å². The van der Waals surface area contributed by atoms with E-state index in [2.05, 4.69) is 6.92 Å². The highest BCUT2D eigenvalue weighted by molar-refractivity contribution is 4.85. The molecule has 1 saturated carbocycles. The molecule has 1 aliphatic rings. The molecule has 0 N–H and O–H groups in total. The monoisotopic (exact) mass is 127 g/mol. The topological polar surface area (TPSA) is 9.23 Å². The van der Waals surface area contributed by atoms with Crippen molar-refractivity contribution in [1.29, 1.82) is 0 Å². The molecular weight excluding hydrogens is 112 g/mol. The van der Waals surface area contributed by atoms with E-state index in [4.69, 9.17) is 4.74 Å². The van der Waals surface area contributed by atoms with Crippen molar-refractivity contribution < 1.29 is 4.74 Å². The van der Waals surface area contributed by atoms with Crippen molar-refractivity contribution in [2.45, 2.75) is 37.7 Å². The van der Waals surface area contributed by atoms with Gasteiger partial charge in [-0.1, -0.05) is 19.3 Å². The summed E-state index contributed by atoms with van der Waals surface area (Å²) in [5, 5.41) is 0. The quantitative estimate of drug-likeness (QED) is 0.524. The average Bonchev–Trinajstić information content (AvgIpc) is 1.90. The van der Waals surface area contributed by atoms with Crippen LogP contribution in [0.2, 0.25) is 0 Å². The summed E-state index contributed by atoms with van der Waals surface area (Å²) < 4.78 is 5.27. The molecule has 0 heterocycles. The third-order valence-corrected chi connectivity index (χ3v) is 2.20. The third kappa shape index (κ3) is 1.68. The highest BCUT2D eigenvalue weighted by atomic mass is 16.5. The van der Waals surface area contributed by atoms with E-state index in [1.165, 1.54) is 19.3 Å². The zero-order valence-electron chi connectivity index (χ0n) is 6.15. The molecule has 1 fully saturated rings. The minimum Gasteiger partial charge on any atom is -0.378 e. The summed E-state index contributed by atoms with van der Waals surface area (Å²) in [5.74, 6) is 0. The van der Waals surface area contributed by atoms with Crippen LogP contribution < -0.4 is 0 Å². The summed E-state index contributed by atoms with van der Waals surface area (Å²) >= 11 is 0. The first-order valence-corrected chi connectivity index (χ1v) is 3.67. The molecule has 0 bridgehead atoms. The van der Waals surface area contributed by atoms with Gasteiger partial charge < -0.3 is 4.74 Å². The molecule has 0 amide bonds. The molecule has 1 rings (SSSR count). The van der Waals surface area contributed by atoms with Crippen LogP contribution in [-0.2, 0) is 4.74 Å². The van der Waals surface area contributed by atoms with Gasteiger partial charge in [-0.3, -0.25) is 0 Å². The van der Waals surface area contributed by atoms with E-state index in [-0.39, 0.29) is 5.60 Å². The predicted octanol–water partition coefficient (Wildman–Crippen LogP) is 2.17. The van der Waals surface area contributed by atoms with Gasteiger partial charge in [0.2, 0.25) is 0 Å². The van der Waals surface area contributed by atoms with Crippen LogP contribution in [0.1, 0.15) is 32.1 Å². The molecule has 9 heavy (non-hydrogen) atoms. The van der Waals surface area contributed by atoms with Gasteiger partial charge in [-0.05, 0) is 19.8 Å². The fraction of sp³-hybridized carbons (Fsp3) is 0.875. The van der Waals surface area contributed by atoms with E-state index in [1.807, 2.05) is 0 Å². The molecule has 53 valence electrons. The van der Waals surface area contributed by atoms with Gasteiger partial charge in [-0.15, -0.1) is 0 Å². The molecule has 0 aromatic rings. The van der Waals surface area contributed by atoms with Crippen molar-refractivity contribution in [3.63, 3.8) is 0 Å². The molecule has 0 atom stereocenters. The van der Waals surface area contributed by atoms with Crippen LogP contribution in [0.5, 0.6) is 0 Å². The van der Waals surface area contributed by atoms with Crippen LogP contribution >= 0.6 is 0 Å². The van der Waals surface area contributed by atoms with Gasteiger partial charge in [0.25, 0.3) is 0 Å². The van der Waals surface area contributed by atoms with Crippen LogP contribution in [0.3, 0.4) is 0 Å². The van der Waals surface area contributed by atoms with E-state index in [1.54, 1.807) is 7.11 Å². The van der Waals surface area contributed by atoms with Crippen LogP contribution in [0.15, 0.2) is 0 Å². The number of ether oxygens (including phenoxy) is 1. The SMILES string of the molecule is [CH2]C1(OC)CCCCC1. The number of methoxy groups -OCH3 is 1. The Morgan fingerprint density at radius 1 is 1.22 bits per heavy atom. The van der Waals surface area contributed by atoms with Gasteiger partial charge in [0, 0.05) is 7.11 Å². The summed E-state index contributed by atoms with van der Waals surface area (Å²) in [6, 6.07) is 0. The van der Waals surface area contributed by atoms with Gasteiger partial charge in [-0.25, -0.2) is 0 Å². The zero-order valence-corrected chi connectivity index (χ0v) is 6.15. The second-order valence-electron chi connectivity index (χ2n) is 2.95. The highest BCUT2D eigenvalue weighted by Gasteiger charge is 2.25. The first-order valence-electron chi connectivity index (χ1n) is 3.67. The average molecular weight is 127 g/mol. The number of hydrogen-bond acceptors (Lipinski definition) is 1. The standard InChI is InChI=1S/C8H15O/c1-8(9-2)6-4-3-5-7-8/h1,3-7H2,2H3. The smallest absolute Gasteiger partial charge is 0.0679 e. The second kappa shape index (κ2) is 2.70. The first kappa shape index (κ1) is 7.07. The fourth-order valence-electron chi connectivity index (χ4n) is 1.40. The van der Waals surface area contributed by atoms with Crippen molar-refractivity contribution in [3.8, 4) is 0 Å². The maximum atomic E-state index is 5.27. The normalized spacial score (nSPS) is 26.0. The Kier molecular flexibility index (Phi) is 2.12. The Balaban J connectivity index is 2.37. The van der Waals surface area contributed by atoms with E-state index < -0.39 is 0 Å². The van der Waals surface area contributed by atoms with E-state index in [0.717, 1.165) is 12.8 Å². The maximum Gasteiger partial charge on any atom is 0.0679 e. The minimum atomic E-state index is -0.0295. The third-order valence-electron chi connectivity index (χ3n) is 2.20. The van der Waals surface area contributed by atoms with Crippen molar-refractivity contribution in [2.24, 2.45) is 0 Å². The molecule has 0 unspecified atom stereocenters. The molecule has 1 nitrogen and oxygen atoms in total. The summed E-state index contributed by atoms with van der Waals surface area (Å²) in [6.45, 7) is 4.03. The Bertz CT molecular complexity index is 82.6. The molecule has 1 aliphatic carbocycles. The Labute approximate surface area is 57.4 Å². The fourth-order valence-corrected chi connectivity index (χ4v) is 1.40. The van der Waals surface area contributed by atoms with Crippen molar-refractivity contribution in [1.82, 2.24) is 0 Å². The lowest BCUT2D eigenvalue weighted by atomic mass is 9.86. The number of hydrogen-bond donors (Lipinski definition) is 0. The maximum absolute atomic E-state index is 5.27. The molecule has 0 aromatic heterocycles. The van der Waals surface area contributed by atoms with Gasteiger partial charge >= 0.3 is 0 Å². The lowest BCUT2D eigenvalue weighted by Gasteiger charge is -2.31. The van der Waals surface area contributed by atoms with Crippen LogP contribution in [0.25, 0.3) is 0 Å². The molecular formula is C8H15O. The molecule has 0 saturated heterocycles. The molecule has 0 spiro atoms. The van der Waals surface area contributed by atoms with Crippen molar-refractivity contribution in [3.05, 3.63) is 6.92 Å². The van der Waals surface area contributed by atoms with Crippen LogP contribution in [0, 0.1) is 6.92 Å². The van der Waals surface area contributed by atoms with E-state index in [9.17, 15) is 0 Å². The van der Waals surface area contributed by atoms with Crippen LogP contribution in [0.4, 0.5) is 0 Å². The Hall–Kier alpha value is -0.0400. The summed E-state index contributed by atoms with van der Waals surface area (Å²) in [5.41, 5.74) is -0.0295. The lowest BCUT2D eigenvalue weighted by Crippen LogP contribution is -2.29. The van der Waals surface area contributed by atoms with Crippen LogP contribution in [-0.4, -0.2) is 12.7 Å². The molecule has 0 aliphatic heterocycles. The lowest BCUT2D eigenvalue weighted by molar-refractivity contribution is -0.000527. The Morgan fingerprint density at radius 2 is 1.78 bits per heavy atom. The van der Waals surface area contributed by atoms with Gasteiger partial charge in [0.15, 0.2) is 0 Å². The van der Waals surface area contributed by atoms with E-state index >= 15 is 0 Å². The molecule has 0 aromatic carbocycles. The summed E-state index contributed by atoms with van der Waals surface area (Å²) in [6.07, 6.45) is 6.22. The molecule has 1 heteroatoms. The van der Waals surface area contributed by atoms with Gasteiger partial charge in [-0.2, -0.15) is 0 Å². The second-order valence-corrected chi connectivity index (χ2v) is 2.95. The van der Waals surface area contributed by atoms with E-state index in [0.29, 0.717) is 0 Å². The summed E-state index contributed by atoms with van der Waals surface area (Å²) in [4.78, 5) is 0. The highest BCUT2D eigenvalue weighted by Crippen LogP contribution is 2.29. The van der Waals surface area contributed by atoms with Gasteiger partial charge in [0.05, 0.1) is 5.60 Å². The summed E-state index contributed by atoms with van der Waals surface area (Å²) in [7, 11) is 1.76. The van der Waals surface area contributed by atoms with Gasteiger partial charge in [0.1, 0.15) is 0 Å². The van der Waals surface area contributed by atoms with Crippen molar-refractivity contribution in [2.75, 3.05) is 7.11 Å². The molecule has 1 radical (unpaired) electrons. The Morgan fingerprint density at radius 3 is 2.11 bits per heavy atom. The first-order chi connectivity index (χ1) is 4.27. The predicted molar refractivity (Wildman–Crippen MR) is 38.2 cm³/mol. The zero-order chi connectivity index (χ0) is 6.74. The minimum absolute atomic E-state index is 0.0295. The number of rotatable bonds is 1.